The van der Waals surface area contributed by atoms with Gasteiger partial charge in [0.05, 0.1) is 5.39 Å². The van der Waals surface area contributed by atoms with Crippen molar-refractivity contribution < 1.29 is 4.42 Å². The van der Waals surface area contributed by atoms with E-state index >= 15 is 0 Å². The topological polar surface area (TPSA) is 29.3 Å². The highest BCUT2D eigenvalue weighted by atomic mass is 16.3. The van der Waals surface area contributed by atoms with Crippen LogP contribution in [0.15, 0.2) is 150 Å². The molecule has 3 heteroatoms. The molecule has 0 bridgehead atoms. The van der Waals surface area contributed by atoms with E-state index in [4.69, 9.17) is 4.42 Å². The maximum absolute atomic E-state index is 6.20. The van der Waals surface area contributed by atoms with E-state index in [0.29, 0.717) is 5.71 Å². The first kappa shape index (κ1) is 22.6. The Kier molecular flexibility index (Phi) is 5.14. The molecule has 40 heavy (non-hydrogen) atoms. The molecule has 0 saturated heterocycles. The Balaban J connectivity index is 1.34. The fraction of sp³-hybridized carbons (Fsp3) is 0. The molecular formula is C37H24N2O. The first-order valence-electron chi connectivity index (χ1n) is 13.5. The van der Waals surface area contributed by atoms with Crippen molar-refractivity contribution in [3.63, 3.8) is 0 Å². The summed E-state index contributed by atoms with van der Waals surface area (Å²) >= 11 is 0. The highest BCUT2D eigenvalue weighted by Crippen LogP contribution is 2.41. The minimum Gasteiger partial charge on any atom is -0.438 e. The summed E-state index contributed by atoms with van der Waals surface area (Å²) in [6, 6.07) is 49.2. The SMILES string of the molecule is c1ccc(-c2ccc(N(c3ccc4ccccc4c3)c3ccc4oc5ncc6ccccc6c5c4c3)cc2)cc1. The molecule has 3 nitrogen and oxygen atoms in total. The number of rotatable bonds is 4. The zero-order valence-corrected chi connectivity index (χ0v) is 21.7. The van der Waals surface area contributed by atoms with Crippen molar-refractivity contribution >= 4 is 60.7 Å². The monoisotopic (exact) mass is 512 g/mol. The predicted molar refractivity (Wildman–Crippen MR) is 167 cm³/mol. The average Bonchev–Trinajstić information content (AvgIpc) is 3.41. The molecule has 188 valence electrons. The third kappa shape index (κ3) is 3.71. The Bertz CT molecular complexity index is 2160. The summed E-state index contributed by atoms with van der Waals surface area (Å²) in [5.74, 6) is 0. The largest absolute Gasteiger partial charge is 0.438 e. The molecule has 0 atom stereocenters. The fourth-order valence-corrected chi connectivity index (χ4v) is 5.72. The van der Waals surface area contributed by atoms with Gasteiger partial charge in [-0.1, -0.05) is 97.1 Å². The van der Waals surface area contributed by atoms with Crippen LogP contribution in [0.1, 0.15) is 0 Å². The van der Waals surface area contributed by atoms with Crippen LogP contribution in [0.5, 0.6) is 0 Å². The highest BCUT2D eigenvalue weighted by molar-refractivity contribution is 6.18. The van der Waals surface area contributed by atoms with Crippen LogP contribution in [0.2, 0.25) is 0 Å². The van der Waals surface area contributed by atoms with Crippen molar-refractivity contribution in [2.45, 2.75) is 0 Å². The van der Waals surface area contributed by atoms with Gasteiger partial charge < -0.3 is 9.32 Å². The van der Waals surface area contributed by atoms with Crippen LogP contribution in [0.25, 0.3) is 54.7 Å². The van der Waals surface area contributed by atoms with Gasteiger partial charge in [0.25, 0.3) is 0 Å². The molecule has 0 radical (unpaired) electrons. The number of hydrogen-bond acceptors (Lipinski definition) is 3. The Morgan fingerprint density at radius 3 is 1.98 bits per heavy atom. The lowest BCUT2D eigenvalue weighted by molar-refractivity contribution is 0.654. The molecule has 0 fully saturated rings. The number of furan rings is 1. The molecule has 6 aromatic carbocycles. The summed E-state index contributed by atoms with van der Waals surface area (Å²) in [7, 11) is 0. The minimum absolute atomic E-state index is 0.662. The molecule has 0 unspecified atom stereocenters. The molecule has 0 saturated carbocycles. The average molecular weight is 513 g/mol. The molecule has 0 aliphatic rings. The molecule has 8 rings (SSSR count). The van der Waals surface area contributed by atoms with Gasteiger partial charge in [-0.15, -0.1) is 0 Å². The lowest BCUT2D eigenvalue weighted by atomic mass is 10.0. The van der Waals surface area contributed by atoms with Crippen LogP contribution in [0.4, 0.5) is 17.1 Å². The molecule has 8 aromatic rings. The van der Waals surface area contributed by atoms with Gasteiger partial charge in [-0.05, 0) is 69.8 Å². The highest BCUT2D eigenvalue weighted by Gasteiger charge is 2.17. The zero-order valence-electron chi connectivity index (χ0n) is 21.7. The van der Waals surface area contributed by atoms with Crippen LogP contribution in [0.3, 0.4) is 0 Å². The van der Waals surface area contributed by atoms with Gasteiger partial charge in [0.15, 0.2) is 0 Å². The Hall–Kier alpha value is -5.41. The van der Waals surface area contributed by atoms with E-state index in [-0.39, 0.29) is 0 Å². The van der Waals surface area contributed by atoms with Crippen LogP contribution >= 0.6 is 0 Å². The van der Waals surface area contributed by atoms with Gasteiger partial charge >= 0.3 is 0 Å². The van der Waals surface area contributed by atoms with Crippen molar-refractivity contribution in [3.8, 4) is 11.1 Å². The second kappa shape index (κ2) is 9.11. The van der Waals surface area contributed by atoms with Crippen LogP contribution < -0.4 is 4.90 Å². The molecule has 0 spiro atoms. The third-order valence-electron chi connectivity index (χ3n) is 7.69. The first-order valence-corrected chi connectivity index (χ1v) is 13.5. The van der Waals surface area contributed by atoms with E-state index < -0.39 is 0 Å². The smallest absolute Gasteiger partial charge is 0.227 e. The molecular weight excluding hydrogens is 488 g/mol. The van der Waals surface area contributed by atoms with E-state index in [1.807, 2.05) is 18.3 Å². The molecule has 0 aliphatic carbocycles. The standard InChI is InChI=1S/C37H24N2O/c1-2-8-25(9-3-1)27-14-17-30(18-15-27)39(31-19-16-26-10-4-5-11-28(26)22-31)32-20-21-35-34(23-32)36-33-13-7-6-12-29(33)24-38-37(36)40-35/h1-24H. The number of aromatic nitrogens is 1. The van der Waals surface area contributed by atoms with Crippen LogP contribution in [-0.2, 0) is 0 Å². The Morgan fingerprint density at radius 2 is 1.12 bits per heavy atom. The van der Waals surface area contributed by atoms with Crippen molar-refractivity contribution in [1.82, 2.24) is 4.98 Å². The summed E-state index contributed by atoms with van der Waals surface area (Å²) in [5.41, 5.74) is 7.14. The Morgan fingerprint density at radius 1 is 0.475 bits per heavy atom. The number of anilines is 3. The van der Waals surface area contributed by atoms with Crippen LogP contribution in [0, 0.1) is 0 Å². The maximum Gasteiger partial charge on any atom is 0.227 e. The van der Waals surface area contributed by atoms with Gasteiger partial charge in [-0.2, -0.15) is 0 Å². The molecule has 0 aliphatic heterocycles. The van der Waals surface area contributed by atoms with Gasteiger partial charge in [-0.25, -0.2) is 4.98 Å². The maximum atomic E-state index is 6.20. The minimum atomic E-state index is 0.662. The number of pyridine rings is 1. The zero-order chi connectivity index (χ0) is 26.5. The number of benzene rings is 6. The van der Waals surface area contributed by atoms with E-state index in [1.54, 1.807) is 0 Å². The number of nitrogens with zero attached hydrogens (tertiary/aromatic N) is 2. The second-order valence-corrected chi connectivity index (χ2v) is 10.1. The van der Waals surface area contributed by atoms with E-state index in [0.717, 1.165) is 44.2 Å². The third-order valence-corrected chi connectivity index (χ3v) is 7.69. The Labute approximate surface area is 231 Å². The van der Waals surface area contributed by atoms with Crippen LogP contribution in [-0.4, -0.2) is 4.98 Å². The van der Waals surface area contributed by atoms with E-state index in [2.05, 4.69) is 137 Å². The number of fused-ring (bicyclic) bond motifs is 6. The van der Waals surface area contributed by atoms with Gasteiger partial charge in [0.1, 0.15) is 5.58 Å². The first-order chi connectivity index (χ1) is 19.8. The van der Waals surface area contributed by atoms with E-state index in [9.17, 15) is 0 Å². The van der Waals surface area contributed by atoms with Gasteiger partial charge in [0, 0.05) is 34.0 Å². The molecule has 0 amide bonds. The van der Waals surface area contributed by atoms with Crippen molar-refractivity contribution in [2.75, 3.05) is 4.90 Å². The quantitative estimate of drug-likeness (QED) is 0.235. The van der Waals surface area contributed by atoms with Crippen molar-refractivity contribution in [2.24, 2.45) is 0 Å². The molecule has 2 heterocycles. The molecule has 0 N–H and O–H groups in total. The predicted octanol–water partition coefficient (Wildman–Crippen LogP) is 10.4. The molecule has 2 aromatic heterocycles. The van der Waals surface area contributed by atoms with Crippen molar-refractivity contribution in [1.29, 1.82) is 0 Å². The number of hydrogen-bond donors (Lipinski definition) is 0. The van der Waals surface area contributed by atoms with Gasteiger partial charge in [-0.3, -0.25) is 0 Å². The summed E-state index contributed by atoms with van der Waals surface area (Å²) in [4.78, 5) is 6.95. The second-order valence-electron chi connectivity index (χ2n) is 10.1. The van der Waals surface area contributed by atoms with Crippen molar-refractivity contribution in [3.05, 3.63) is 146 Å². The lowest BCUT2D eigenvalue weighted by Crippen LogP contribution is -2.09. The fourth-order valence-electron chi connectivity index (χ4n) is 5.72. The summed E-state index contributed by atoms with van der Waals surface area (Å²) in [5, 5.41) is 6.78. The summed E-state index contributed by atoms with van der Waals surface area (Å²) in [6.07, 6.45) is 1.89. The lowest BCUT2D eigenvalue weighted by Gasteiger charge is -2.26. The summed E-state index contributed by atoms with van der Waals surface area (Å²) < 4.78 is 6.20. The normalized spacial score (nSPS) is 11.5. The van der Waals surface area contributed by atoms with E-state index in [1.165, 1.54) is 21.9 Å². The summed E-state index contributed by atoms with van der Waals surface area (Å²) in [6.45, 7) is 0. The van der Waals surface area contributed by atoms with Gasteiger partial charge in [0.2, 0.25) is 5.71 Å².